The summed E-state index contributed by atoms with van der Waals surface area (Å²) in [6.45, 7) is 4.96. The second kappa shape index (κ2) is 7.33. The van der Waals surface area contributed by atoms with Crippen molar-refractivity contribution in [1.82, 2.24) is 0 Å². The number of rotatable bonds is 5. The van der Waals surface area contributed by atoms with E-state index < -0.39 is 4.92 Å². The zero-order valence-corrected chi connectivity index (χ0v) is 15.2. The number of nitrogens with zero attached hydrogens (tertiary/aromatic N) is 1. The lowest BCUT2D eigenvalue weighted by molar-refractivity contribution is -0.910. The number of carbonyl (C=O) groups is 1. The van der Waals surface area contributed by atoms with Crippen LogP contribution < -0.4 is 10.2 Å². The molecule has 1 aromatic heterocycles. The molecule has 1 aliphatic rings. The van der Waals surface area contributed by atoms with Gasteiger partial charge in [-0.1, -0.05) is 12.1 Å². The number of nitro benzene ring substituents is 1. The Morgan fingerprint density at radius 3 is 2.88 bits per heavy atom. The van der Waals surface area contributed by atoms with Gasteiger partial charge in [-0.05, 0) is 36.4 Å². The van der Waals surface area contributed by atoms with Crippen LogP contribution in [0.3, 0.4) is 0 Å². The summed E-state index contributed by atoms with van der Waals surface area (Å²) in [6.07, 6.45) is 2.17. The van der Waals surface area contributed by atoms with Crippen molar-refractivity contribution in [3.8, 4) is 0 Å². The van der Waals surface area contributed by atoms with E-state index in [2.05, 4.69) is 16.8 Å². The predicted octanol–water partition coefficient (Wildman–Crippen LogP) is 2.63. The number of likely N-dealkylation sites (tertiary alicyclic amines) is 1. The molecule has 0 saturated carbocycles. The lowest BCUT2D eigenvalue weighted by Gasteiger charge is -2.20. The van der Waals surface area contributed by atoms with Crippen molar-refractivity contribution in [2.45, 2.75) is 32.7 Å². The normalized spacial score (nSPS) is 19.8. The summed E-state index contributed by atoms with van der Waals surface area (Å²) in [5, 5.41) is 16.1. The Morgan fingerprint density at radius 2 is 2.20 bits per heavy atom. The van der Waals surface area contributed by atoms with Crippen LogP contribution >= 0.6 is 11.3 Å². The number of aryl methyl sites for hydroxylation is 1. The SMILES string of the molecule is Cc1ccc([N+](=O)[O-])c(NC(=O)C[NH+]2CCC[C@@H]2c2cccs2)c1C. The van der Waals surface area contributed by atoms with Crippen molar-refractivity contribution in [2.24, 2.45) is 0 Å². The van der Waals surface area contributed by atoms with Crippen LogP contribution in [0, 0.1) is 24.0 Å². The van der Waals surface area contributed by atoms with Crippen molar-refractivity contribution in [1.29, 1.82) is 0 Å². The third-order valence-corrected chi connectivity index (χ3v) is 5.92. The number of benzene rings is 1. The molecule has 1 aromatic carbocycles. The highest BCUT2D eigenvalue weighted by atomic mass is 32.1. The summed E-state index contributed by atoms with van der Waals surface area (Å²) in [7, 11) is 0. The standard InChI is InChI=1S/C18H21N3O3S/c1-12-7-8-15(21(23)24)18(13(12)2)19-17(22)11-20-9-3-5-14(20)16-6-4-10-25-16/h4,6-8,10,14H,3,5,9,11H2,1-2H3,(H,19,22)/p+1/t14-/m1/s1. The highest BCUT2D eigenvalue weighted by Crippen LogP contribution is 2.30. The molecule has 7 heteroatoms. The number of nitro groups is 1. The highest BCUT2D eigenvalue weighted by molar-refractivity contribution is 7.10. The average molecular weight is 360 g/mol. The Labute approximate surface area is 150 Å². The average Bonchev–Trinajstić information content (AvgIpc) is 3.22. The third-order valence-electron chi connectivity index (χ3n) is 4.93. The Hall–Kier alpha value is -2.25. The fourth-order valence-corrected chi connectivity index (χ4v) is 4.38. The molecule has 1 aliphatic heterocycles. The molecule has 0 aliphatic carbocycles. The Kier molecular flexibility index (Phi) is 5.15. The maximum atomic E-state index is 12.6. The lowest BCUT2D eigenvalue weighted by atomic mass is 10.1. The van der Waals surface area contributed by atoms with E-state index in [1.807, 2.05) is 13.0 Å². The minimum atomic E-state index is -0.445. The first kappa shape index (κ1) is 17.6. The molecular weight excluding hydrogens is 338 g/mol. The van der Waals surface area contributed by atoms with Gasteiger partial charge >= 0.3 is 0 Å². The molecule has 2 atom stereocenters. The zero-order valence-electron chi connectivity index (χ0n) is 14.4. The Balaban J connectivity index is 1.75. The number of hydrogen-bond acceptors (Lipinski definition) is 4. The molecule has 2 N–H and O–H groups in total. The van der Waals surface area contributed by atoms with E-state index >= 15 is 0 Å². The first-order valence-corrected chi connectivity index (χ1v) is 9.27. The van der Waals surface area contributed by atoms with E-state index in [0.29, 0.717) is 18.3 Å². The molecule has 1 fully saturated rings. The first-order chi connectivity index (χ1) is 12.0. The molecule has 1 amide bonds. The van der Waals surface area contributed by atoms with Crippen LogP contribution in [0.5, 0.6) is 0 Å². The van der Waals surface area contributed by atoms with Crippen LogP contribution in [0.1, 0.15) is 34.9 Å². The number of amides is 1. The predicted molar refractivity (Wildman–Crippen MR) is 98.2 cm³/mol. The van der Waals surface area contributed by atoms with Crippen molar-refractivity contribution >= 4 is 28.6 Å². The summed E-state index contributed by atoms with van der Waals surface area (Å²) in [6, 6.07) is 7.67. The van der Waals surface area contributed by atoms with E-state index in [0.717, 1.165) is 30.5 Å². The van der Waals surface area contributed by atoms with Crippen LogP contribution in [0.2, 0.25) is 0 Å². The molecule has 2 heterocycles. The van der Waals surface area contributed by atoms with Gasteiger partial charge in [-0.25, -0.2) is 0 Å². The van der Waals surface area contributed by atoms with Gasteiger partial charge in [-0.15, -0.1) is 11.3 Å². The largest absolute Gasteiger partial charge is 0.320 e. The lowest BCUT2D eigenvalue weighted by Crippen LogP contribution is -3.11. The number of hydrogen-bond donors (Lipinski definition) is 2. The number of anilines is 1. The smallest absolute Gasteiger partial charge is 0.293 e. The molecule has 1 unspecified atom stereocenters. The van der Waals surface area contributed by atoms with Gasteiger partial charge in [0.15, 0.2) is 6.54 Å². The molecule has 1 saturated heterocycles. The van der Waals surface area contributed by atoms with Gasteiger partial charge in [-0.2, -0.15) is 0 Å². The maximum absolute atomic E-state index is 12.6. The molecule has 25 heavy (non-hydrogen) atoms. The molecular formula is C18H22N3O3S+. The van der Waals surface area contributed by atoms with Crippen LogP contribution in [0.4, 0.5) is 11.4 Å². The van der Waals surface area contributed by atoms with E-state index in [-0.39, 0.29) is 11.6 Å². The molecule has 2 aromatic rings. The number of nitrogens with one attached hydrogen (secondary N) is 2. The summed E-state index contributed by atoms with van der Waals surface area (Å²) < 4.78 is 0. The molecule has 3 rings (SSSR count). The summed E-state index contributed by atoms with van der Waals surface area (Å²) in [4.78, 5) is 25.9. The second-order valence-corrected chi connectivity index (χ2v) is 7.48. The Morgan fingerprint density at radius 1 is 1.40 bits per heavy atom. The summed E-state index contributed by atoms with van der Waals surface area (Å²) in [5.74, 6) is -0.171. The second-order valence-electron chi connectivity index (χ2n) is 6.50. The van der Waals surface area contributed by atoms with Crippen molar-refractivity contribution in [2.75, 3.05) is 18.4 Å². The quantitative estimate of drug-likeness (QED) is 0.636. The number of carbonyl (C=O) groups excluding carboxylic acids is 1. The van der Waals surface area contributed by atoms with Crippen molar-refractivity contribution < 1.29 is 14.6 Å². The van der Waals surface area contributed by atoms with Crippen molar-refractivity contribution in [3.63, 3.8) is 0 Å². The van der Waals surface area contributed by atoms with Gasteiger partial charge in [0, 0.05) is 18.9 Å². The van der Waals surface area contributed by atoms with Crippen LogP contribution in [-0.4, -0.2) is 23.9 Å². The van der Waals surface area contributed by atoms with Crippen LogP contribution in [-0.2, 0) is 4.79 Å². The van der Waals surface area contributed by atoms with Crippen LogP contribution in [0.15, 0.2) is 29.6 Å². The third kappa shape index (κ3) is 3.72. The zero-order chi connectivity index (χ0) is 18.0. The molecule has 0 spiro atoms. The van der Waals surface area contributed by atoms with Gasteiger partial charge < -0.3 is 10.2 Å². The molecule has 132 valence electrons. The number of thiophene rings is 1. The topological polar surface area (TPSA) is 76.7 Å². The summed E-state index contributed by atoms with van der Waals surface area (Å²) >= 11 is 1.72. The van der Waals surface area contributed by atoms with Crippen molar-refractivity contribution in [3.05, 3.63) is 55.8 Å². The minimum absolute atomic E-state index is 0.0531. The number of quaternary nitrogens is 1. The van der Waals surface area contributed by atoms with Gasteiger partial charge in [0.25, 0.3) is 11.6 Å². The highest BCUT2D eigenvalue weighted by Gasteiger charge is 2.32. The molecule has 6 nitrogen and oxygen atoms in total. The monoisotopic (exact) mass is 360 g/mol. The molecule has 0 bridgehead atoms. The van der Waals surface area contributed by atoms with Gasteiger partial charge in [0.05, 0.1) is 16.3 Å². The Bertz CT molecular complexity index is 789. The minimum Gasteiger partial charge on any atom is -0.320 e. The summed E-state index contributed by atoms with van der Waals surface area (Å²) in [5.41, 5.74) is 1.93. The first-order valence-electron chi connectivity index (χ1n) is 8.39. The van der Waals surface area contributed by atoms with Gasteiger partial charge in [-0.3, -0.25) is 14.9 Å². The fraction of sp³-hybridized carbons (Fsp3) is 0.389. The fourth-order valence-electron chi connectivity index (χ4n) is 3.46. The van der Waals surface area contributed by atoms with E-state index in [4.69, 9.17) is 0 Å². The van der Waals surface area contributed by atoms with Gasteiger partial charge in [0.1, 0.15) is 11.7 Å². The maximum Gasteiger partial charge on any atom is 0.293 e. The van der Waals surface area contributed by atoms with E-state index in [1.165, 1.54) is 15.8 Å². The van der Waals surface area contributed by atoms with Crippen LogP contribution in [0.25, 0.3) is 0 Å². The van der Waals surface area contributed by atoms with E-state index in [1.54, 1.807) is 24.3 Å². The molecule has 0 radical (unpaired) electrons. The van der Waals surface area contributed by atoms with E-state index in [9.17, 15) is 14.9 Å². The van der Waals surface area contributed by atoms with Gasteiger partial charge in [0.2, 0.25) is 0 Å².